The molecule has 26 heteroatoms. The van der Waals surface area contributed by atoms with Crippen LogP contribution in [0.15, 0.2) is 96.0 Å². The van der Waals surface area contributed by atoms with Crippen LogP contribution in [0.3, 0.4) is 0 Å². The molecule has 6 aromatic carbocycles. The zero-order valence-electron chi connectivity index (χ0n) is 57.2. The summed E-state index contributed by atoms with van der Waals surface area (Å²) in [5.41, 5.74) is 9.77. The van der Waals surface area contributed by atoms with Gasteiger partial charge < -0.3 is 75.3 Å². The van der Waals surface area contributed by atoms with E-state index in [0.29, 0.717) is 27.3 Å². The predicted octanol–water partition coefficient (Wildman–Crippen LogP) is 13.3. The van der Waals surface area contributed by atoms with E-state index in [1.807, 2.05) is 123 Å². The van der Waals surface area contributed by atoms with Crippen LogP contribution in [0.5, 0.6) is 51.7 Å². The van der Waals surface area contributed by atoms with Crippen LogP contribution < -0.4 is 50.8 Å². The molecule has 7 aromatic rings. The van der Waals surface area contributed by atoms with Gasteiger partial charge in [0, 0.05) is 71.3 Å². The fourth-order valence-corrected chi connectivity index (χ4v) is 10.2. The highest BCUT2D eigenvalue weighted by Gasteiger charge is 2.22. The van der Waals surface area contributed by atoms with E-state index in [4.69, 9.17) is 49.6 Å². The highest BCUT2D eigenvalue weighted by molar-refractivity contribution is 7.80. The van der Waals surface area contributed by atoms with Crippen molar-refractivity contribution < 1.29 is 59.5 Å². The quantitative estimate of drug-likeness (QED) is 0.00707. The number of methoxy groups -OCH3 is 3. The number of carbonyl (C=O) groups excluding carboxylic acids is 2. The monoisotopic (exact) mass is 1370 g/mol. The highest BCUT2D eigenvalue weighted by Crippen LogP contribution is 2.40. The molecule has 0 saturated heterocycles. The summed E-state index contributed by atoms with van der Waals surface area (Å²) in [7, 11) is 11.0. The number of nitrogens with two attached hydrogens (primary N) is 1. The van der Waals surface area contributed by atoms with Gasteiger partial charge >= 0.3 is 0 Å². The van der Waals surface area contributed by atoms with Crippen molar-refractivity contribution in [1.82, 2.24) is 25.5 Å². The molecule has 0 unspecified atom stereocenters. The maximum Gasteiger partial charge on any atom is 0.268 e. The summed E-state index contributed by atoms with van der Waals surface area (Å²) in [6.07, 6.45) is 3.09. The number of H-pyrrole nitrogens is 1. The lowest BCUT2D eigenvalue weighted by molar-refractivity contribution is 0.0949. The van der Waals surface area contributed by atoms with Crippen LogP contribution in [-0.4, -0.2) is 148 Å². The van der Waals surface area contributed by atoms with Gasteiger partial charge in [0.15, 0.2) is 21.5 Å². The number of amides is 1. The minimum Gasteiger partial charge on any atom is -0.508 e. The average Bonchev–Trinajstić information content (AvgIpc) is 1.71. The van der Waals surface area contributed by atoms with Crippen LogP contribution in [0.25, 0.3) is 17.1 Å². The first-order valence-electron chi connectivity index (χ1n) is 30.9. The molecular weight excluding hydrogens is 1270 g/mol. The first kappa shape index (κ1) is 80.1. The number of ether oxygens (including phenoxy) is 3. The number of thiocarbonyl (C=S) groups is 2. The molecule has 0 atom stereocenters. The fourth-order valence-electron chi connectivity index (χ4n) is 9.63. The summed E-state index contributed by atoms with van der Waals surface area (Å²) in [4.78, 5) is 34.2. The average molecular weight is 1370 g/mol. The summed E-state index contributed by atoms with van der Waals surface area (Å²) in [5, 5.41) is 83.1. The Morgan fingerprint density at radius 1 is 0.632 bits per heavy atom. The third-order valence-electron chi connectivity index (χ3n) is 14.4. The Labute approximate surface area is 573 Å². The van der Waals surface area contributed by atoms with Crippen LogP contribution in [0.2, 0.25) is 0 Å². The summed E-state index contributed by atoms with van der Waals surface area (Å²) >= 11 is 15.4. The minimum absolute atomic E-state index is 0.0120. The second kappa shape index (κ2) is 39.5. The number of nitrogens with one attached hydrogen (secondary N) is 4. The van der Waals surface area contributed by atoms with Crippen molar-refractivity contribution >= 4 is 87.1 Å². The van der Waals surface area contributed by atoms with E-state index in [1.165, 1.54) is 24.3 Å². The molecule has 0 fully saturated rings. The maximum absolute atomic E-state index is 12.6. The first-order chi connectivity index (χ1) is 45.1. The van der Waals surface area contributed by atoms with Crippen molar-refractivity contribution in [2.75, 3.05) is 95.3 Å². The third kappa shape index (κ3) is 22.8. The van der Waals surface area contributed by atoms with Crippen LogP contribution >= 0.6 is 36.7 Å². The van der Waals surface area contributed by atoms with E-state index < -0.39 is 5.91 Å². The van der Waals surface area contributed by atoms with E-state index >= 15 is 0 Å². The lowest BCUT2D eigenvalue weighted by atomic mass is 9.97. The Bertz CT molecular complexity index is 3780. The summed E-state index contributed by atoms with van der Waals surface area (Å²) in [6, 6.07) is 25.5. The van der Waals surface area contributed by atoms with E-state index in [-0.39, 0.29) is 87.4 Å². The van der Waals surface area contributed by atoms with Crippen LogP contribution in [0, 0.1) is 4.77 Å². The molecule has 516 valence electrons. The van der Waals surface area contributed by atoms with E-state index in [2.05, 4.69) is 78.7 Å². The lowest BCUT2D eigenvalue weighted by Crippen LogP contribution is -2.33. The molecule has 95 heavy (non-hydrogen) atoms. The van der Waals surface area contributed by atoms with Crippen molar-refractivity contribution in [3.05, 3.63) is 124 Å². The van der Waals surface area contributed by atoms with Crippen LogP contribution in [0.1, 0.15) is 144 Å². The number of anilines is 4. The Morgan fingerprint density at radius 2 is 1.06 bits per heavy atom. The molecule has 1 amide bonds. The summed E-state index contributed by atoms with van der Waals surface area (Å²) in [5.74, 6) is 6.40. The van der Waals surface area contributed by atoms with Crippen LogP contribution in [-0.2, 0) is 0 Å². The van der Waals surface area contributed by atoms with Gasteiger partial charge in [0.05, 0.1) is 78.2 Å². The molecule has 0 aliphatic rings. The van der Waals surface area contributed by atoms with Gasteiger partial charge in [-0.05, 0) is 170 Å². The van der Waals surface area contributed by atoms with Gasteiger partial charge in [-0.3, -0.25) is 24.7 Å². The topological polar surface area (TPSA) is 321 Å². The standard InChI is InChI=1S/C23H31N3O4S.C22H28N4O3S.C12H16N2OS.C10H14N2O3.C2H6O/c1-6-9-26(4)18-10-15(7-8-22(18)30-5)25-23(31)24-13-21(29)17-11-16(14(2)3)19(27)12-20(17)28;1-6-9-25(4)17-10-14(7-8-20(17)29-5)26-21(23-24-22(26)30)16-11-15(13(2)3)18(27)12-19(16)28;1-4-7-14(2)11-8-10(13-9-16)5-6-12(11)15-3;1-5(2)6-3-7(10(15)12-11)9(14)4-8(6)13;1-2-3/h7-8,10-12,14,27-28H,6,9,13H2,1-5H3,(H2,24,25,31);7-8,10-13,27-28H,6,9H2,1-5H3,(H,24,30);5-6,8H,4,7H2,1-3H3;3-5,13-14H,11H2,1-2H3,(H,12,15);3H,2H2,1H3. The Hall–Kier alpha value is -9.17. The first-order valence-corrected chi connectivity index (χ1v) is 32.1. The predicted molar refractivity (Wildman–Crippen MR) is 390 cm³/mol. The van der Waals surface area contributed by atoms with Crippen LogP contribution in [0.4, 0.5) is 28.4 Å². The number of aromatic nitrogens is 3. The molecule has 0 aliphatic heterocycles. The highest BCUT2D eigenvalue weighted by atomic mass is 32.1. The second-order valence-corrected chi connectivity index (χ2v) is 23.5. The Morgan fingerprint density at radius 3 is 1.53 bits per heavy atom. The molecule has 1 heterocycles. The number of carbonyl (C=O) groups is 2. The number of aliphatic hydroxyl groups is 1. The molecule has 0 bridgehead atoms. The number of phenolic OH excluding ortho intramolecular Hbond substituents is 6. The summed E-state index contributed by atoms with van der Waals surface area (Å²) < 4.78 is 18.5. The van der Waals surface area contributed by atoms with Gasteiger partial charge in [0.2, 0.25) is 0 Å². The molecule has 1 aromatic heterocycles. The number of rotatable bonds is 23. The smallest absolute Gasteiger partial charge is 0.268 e. The number of nitrogens with zero attached hydrogens (tertiary/aromatic N) is 6. The normalized spacial score (nSPS) is 10.4. The molecule has 23 nitrogen and oxygen atoms in total. The van der Waals surface area contributed by atoms with Gasteiger partial charge in [0.1, 0.15) is 51.7 Å². The van der Waals surface area contributed by atoms with Crippen molar-refractivity contribution in [3.63, 3.8) is 0 Å². The van der Waals surface area contributed by atoms with Crippen molar-refractivity contribution in [1.29, 1.82) is 0 Å². The number of aromatic hydroxyl groups is 6. The number of aliphatic hydroxyl groups excluding tert-OH is 1. The van der Waals surface area contributed by atoms with Gasteiger partial charge in [-0.2, -0.15) is 10.1 Å². The second-order valence-electron chi connectivity index (χ2n) is 22.5. The summed E-state index contributed by atoms with van der Waals surface area (Å²) in [6.45, 7) is 22.4. The SMILES string of the molecule is CC(C)c1cc(C(=O)NN)c(O)cc1O.CCCN(C)c1cc(-n2c(-c3cc(C(C)C)c(O)cc3O)n[nH]c2=S)ccc1OC.CCCN(C)c1cc(N=C=S)ccc1OC.CCCN(C)c1cc(NC(=S)NCC(=O)c2cc(C(C)C)c(O)cc2O)ccc1OC.CCO. The Kier molecular flexibility index (Phi) is 33.3. The number of hydrogen-bond donors (Lipinski definition) is 12. The number of aliphatic imine (C=N–C) groups is 1. The molecule has 0 radical (unpaired) electrons. The van der Waals surface area contributed by atoms with Gasteiger partial charge in [-0.15, -0.1) is 0 Å². The van der Waals surface area contributed by atoms with E-state index in [9.17, 15) is 40.2 Å². The fraction of sp³-hybridized carbons (Fsp3) is 0.391. The lowest BCUT2D eigenvalue weighted by Gasteiger charge is -2.22. The number of aromatic amines is 1. The molecule has 7 rings (SSSR count). The number of hydrogen-bond acceptors (Lipinski definition) is 21. The molecule has 0 aliphatic carbocycles. The third-order valence-corrected chi connectivity index (χ3v) is 15.0. The number of phenols is 6. The number of ketones is 1. The molecule has 13 N–H and O–H groups in total. The van der Waals surface area contributed by atoms with Gasteiger partial charge in [-0.1, -0.05) is 62.3 Å². The van der Waals surface area contributed by atoms with E-state index in [0.717, 1.165) is 102 Å². The van der Waals surface area contributed by atoms with Gasteiger partial charge in [-0.25, -0.2) is 5.84 Å². The molecule has 0 spiro atoms. The van der Waals surface area contributed by atoms with Gasteiger partial charge in [0.25, 0.3) is 5.91 Å². The number of nitrogen functional groups attached to an aromatic ring is 1. The van der Waals surface area contributed by atoms with Crippen molar-refractivity contribution in [2.24, 2.45) is 10.8 Å². The van der Waals surface area contributed by atoms with E-state index in [1.54, 1.807) is 38.9 Å². The number of Topliss-reactive ketones (excluding diaryl/α,β-unsaturated/α-hetero) is 1. The zero-order valence-corrected chi connectivity index (χ0v) is 59.7. The number of benzene rings is 6. The Balaban J connectivity index is 0.000000340. The van der Waals surface area contributed by atoms with Crippen molar-refractivity contribution in [3.8, 4) is 68.8 Å². The number of hydrazine groups is 1. The molecule has 0 saturated carbocycles. The number of isothiocyanates is 1. The zero-order chi connectivity index (χ0) is 71.4. The largest absolute Gasteiger partial charge is 0.508 e. The molecular formula is C69H95N11O12S3. The maximum atomic E-state index is 12.6. The minimum atomic E-state index is -0.589. The van der Waals surface area contributed by atoms with Crippen molar-refractivity contribution in [2.45, 2.75) is 106 Å².